The molecule has 4 heteroatoms. The molecule has 1 unspecified atom stereocenters. The van der Waals surface area contributed by atoms with Gasteiger partial charge in [-0.05, 0) is 60.7 Å². The Kier molecular flexibility index (Phi) is 3.89. The fourth-order valence-electron chi connectivity index (χ4n) is 2.51. The van der Waals surface area contributed by atoms with Gasteiger partial charge in [-0.25, -0.2) is 4.39 Å². The normalized spacial score (nSPS) is 12.6. The zero-order chi connectivity index (χ0) is 15.0. The third-order valence-corrected chi connectivity index (χ3v) is 4.47. The van der Waals surface area contributed by atoms with E-state index < -0.39 is 0 Å². The highest BCUT2D eigenvalue weighted by atomic mass is 127. The predicted molar refractivity (Wildman–Crippen MR) is 92.1 cm³/mol. The van der Waals surface area contributed by atoms with Crippen molar-refractivity contribution < 1.29 is 8.81 Å². The molecular formula is C17H15FINO. The van der Waals surface area contributed by atoms with Crippen molar-refractivity contribution in [3.05, 3.63) is 63.2 Å². The molecule has 0 bridgehead atoms. The van der Waals surface area contributed by atoms with E-state index in [-0.39, 0.29) is 11.9 Å². The largest absolute Gasteiger partial charge is 0.459 e. The van der Waals surface area contributed by atoms with Gasteiger partial charge in [-0.1, -0.05) is 18.2 Å². The van der Waals surface area contributed by atoms with Gasteiger partial charge in [-0.15, -0.1) is 0 Å². The first-order chi connectivity index (χ1) is 10.1. The van der Waals surface area contributed by atoms with E-state index >= 15 is 0 Å². The summed E-state index contributed by atoms with van der Waals surface area (Å²) >= 11 is 2.13. The van der Waals surface area contributed by atoms with Crippen LogP contribution in [0.1, 0.15) is 24.3 Å². The molecule has 0 saturated carbocycles. The van der Waals surface area contributed by atoms with Crippen LogP contribution in [0.3, 0.4) is 0 Å². The Labute approximate surface area is 136 Å². The van der Waals surface area contributed by atoms with Gasteiger partial charge in [0.1, 0.15) is 17.2 Å². The highest BCUT2D eigenvalue weighted by molar-refractivity contribution is 14.1. The van der Waals surface area contributed by atoms with Gasteiger partial charge < -0.3 is 9.73 Å². The second kappa shape index (κ2) is 5.67. The summed E-state index contributed by atoms with van der Waals surface area (Å²) in [7, 11) is 0. The molecule has 0 radical (unpaired) electrons. The maximum absolute atomic E-state index is 13.2. The van der Waals surface area contributed by atoms with Gasteiger partial charge in [0, 0.05) is 20.2 Å². The molecule has 0 aliphatic rings. The third kappa shape index (κ3) is 2.77. The van der Waals surface area contributed by atoms with Crippen molar-refractivity contribution in [3.8, 4) is 0 Å². The van der Waals surface area contributed by atoms with E-state index in [1.807, 2.05) is 25.1 Å². The summed E-state index contributed by atoms with van der Waals surface area (Å²) < 4.78 is 20.0. The Balaban J connectivity index is 1.93. The number of furan rings is 1. The Hall–Kier alpha value is -1.56. The molecule has 21 heavy (non-hydrogen) atoms. The van der Waals surface area contributed by atoms with Crippen LogP contribution in [0.5, 0.6) is 0 Å². The minimum absolute atomic E-state index is 0.0105. The summed E-state index contributed by atoms with van der Waals surface area (Å²) in [5.74, 6) is 0.689. The van der Waals surface area contributed by atoms with E-state index in [0.717, 1.165) is 31.6 Å². The quantitative estimate of drug-likeness (QED) is 0.579. The van der Waals surface area contributed by atoms with Crippen LogP contribution in [0, 0.1) is 16.3 Å². The molecular weight excluding hydrogens is 380 g/mol. The second-order valence-electron chi connectivity index (χ2n) is 5.08. The van der Waals surface area contributed by atoms with Gasteiger partial charge in [0.2, 0.25) is 0 Å². The van der Waals surface area contributed by atoms with E-state index in [9.17, 15) is 4.39 Å². The highest BCUT2D eigenvalue weighted by Crippen LogP contribution is 2.32. The Morgan fingerprint density at radius 3 is 2.67 bits per heavy atom. The zero-order valence-corrected chi connectivity index (χ0v) is 13.9. The van der Waals surface area contributed by atoms with Gasteiger partial charge in [-0.2, -0.15) is 0 Å². The summed E-state index contributed by atoms with van der Waals surface area (Å²) in [4.78, 5) is 0. The minimum atomic E-state index is -0.225. The number of benzene rings is 2. The smallest absolute Gasteiger partial charge is 0.134 e. The van der Waals surface area contributed by atoms with Crippen LogP contribution in [0.25, 0.3) is 11.0 Å². The zero-order valence-electron chi connectivity index (χ0n) is 11.8. The predicted octanol–water partition coefficient (Wildman–Crippen LogP) is 5.66. The number of aryl methyl sites for hydroxylation is 1. The number of nitrogens with one attached hydrogen (secondary N) is 1. The Bertz CT molecular complexity index is 797. The standard InChI is InChI=1S/C17H15FINO/c1-10-13-5-3-4-6-16(13)21-17(10)11(2)20-15-8-7-12(18)9-14(15)19/h3-9,11,20H,1-2H3. The van der Waals surface area contributed by atoms with Gasteiger partial charge in [0.25, 0.3) is 0 Å². The van der Waals surface area contributed by atoms with Gasteiger partial charge >= 0.3 is 0 Å². The molecule has 0 fully saturated rings. The minimum Gasteiger partial charge on any atom is -0.459 e. The number of para-hydroxylation sites is 1. The number of hydrogen-bond donors (Lipinski definition) is 1. The number of rotatable bonds is 3. The molecule has 0 amide bonds. The lowest BCUT2D eigenvalue weighted by molar-refractivity contribution is 0.522. The van der Waals surface area contributed by atoms with Crippen LogP contribution < -0.4 is 5.32 Å². The lowest BCUT2D eigenvalue weighted by Gasteiger charge is -2.15. The van der Waals surface area contributed by atoms with Gasteiger partial charge in [0.05, 0.1) is 6.04 Å². The summed E-state index contributed by atoms with van der Waals surface area (Å²) in [5, 5.41) is 4.52. The van der Waals surface area contributed by atoms with Crippen LogP contribution in [-0.4, -0.2) is 0 Å². The van der Waals surface area contributed by atoms with Crippen LogP contribution in [0.4, 0.5) is 10.1 Å². The molecule has 0 aliphatic carbocycles. The number of halogens is 2. The highest BCUT2D eigenvalue weighted by Gasteiger charge is 2.17. The Morgan fingerprint density at radius 2 is 1.95 bits per heavy atom. The van der Waals surface area contributed by atoms with Crippen molar-refractivity contribution in [2.24, 2.45) is 0 Å². The lowest BCUT2D eigenvalue weighted by atomic mass is 10.1. The molecule has 3 aromatic rings. The molecule has 108 valence electrons. The monoisotopic (exact) mass is 395 g/mol. The lowest BCUT2D eigenvalue weighted by Crippen LogP contribution is -2.08. The molecule has 0 aliphatic heterocycles. The first-order valence-corrected chi connectivity index (χ1v) is 7.84. The fourth-order valence-corrected chi connectivity index (χ4v) is 3.14. The maximum atomic E-state index is 13.2. The summed E-state index contributed by atoms with van der Waals surface area (Å²) in [6.07, 6.45) is 0. The third-order valence-electron chi connectivity index (χ3n) is 3.58. The molecule has 3 rings (SSSR count). The van der Waals surface area contributed by atoms with E-state index in [2.05, 4.69) is 40.9 Å². The van der Waals surface area contributed by atoms with E-state index in [4.69, 9.17) is 4.42 Å². The molecule has 1 heterocycles. The molecule has 1 N–H and O–H groups in total. The molecule has 2 nitrogen and oxygen atoms in total. The summed E-state index contributed by atoms with van der Waals surface area (Å²) in [6, 6.07) is 12.8. The number of anilines is 1. The molecule has 0 saturated heterocycles. The van der Waals surface area contributed by atoms with Gasteiger partial charge in [0.15, 0.2) is 0 Å². The Morgan fingerprint density at radius 1 is 1.19 bits per heavy atom. The van der Waals surface area contributed by atoms with Crippen molar-refractivity contribution in [2.75, 3.05) is 5.32 Å². The van der Waals surface area contributed by atoms with E-state index in [0.29, 0.717) is 0 Å². The van der Waals surface area contributed by atoms with Crippen molar-refractivity contribution in [1.82, 2.24) is 0 Å². The topological polar surface area (TPSA) is 25.2 Å². The molecule has 2 aromatic carbocycles. The maximum Gasteiger partial charge on any atom is 0.134 e. The van der Waals surface area contributed by atoms with Crippen LogP contribution in [0.2, 0.25) is 0 Å². The summed E-state index contributed by atoms with van der Waals surface area (Å²) in [6.45, 7) is 4.11. The fraction of sp³-hybridized carbons (Fsp3) is 0.176. The average molecular weight is 395 g/mol. The van der Waals surface area contributed by atoms with Crippen LogP contribution in [-0.2, 0) is 0 Å². The SMILES string of the molecule is Cc1c(C(C)Nc2ccc(F)cc2I)oc2ccccc12. The number of fused-ring (bicyclic) bond motifs is 1. The van der Waals surface area contributed by atoms with E-state index in [1.54, 1.807) is 6.07 Å². The van der Waals surface area contributed by atoms with Crippen LogP contribution >= 0.6 is 22.6 Å². The molecule has 1 atom stereocenters. The first-order valence-electron chi connectivity index (χ1n) is 6.76. The van der Waals surface area contributed by atoms with Crippen molar-refractivity contribution in [2.45, 2.75) is 19.9 Å². The average Bonchev–Trinajstić information content (AvgIpc) is 2.80. The van der Waals surface area contributed by atoms with E-state index in [1.165, 1.54) is 12.1 Å². The van der Waals surface area contributed by atoms with Crippen molar-refractivity contribution >= 4 is 39.2 Å². The van der Waals surface area contributed by atoms with Gasteiger partial charge in [-0.3, -0.25) is 0 Å². The first kappa shape index (κ1) is 14.4. The molecule has 0 spiro atoms. The molecule has 1 aromatic heterocycles. The second-order valence-corrected chi connectivity index (χ2v) is 6.24. The summed E-state index contributed by atoms with van der Waals surface area (Å²) in [5.41, 5.74) is 2.94. The van der Waals surface area contributed by atoms with Crippen molar-refractivity contribution in [1.29, 1.82) is 0 Å². The van der Waals surface area contributed by atoms with Crippen LogP contribution in [0.15, 0.2) is 46.9 Å². The number of hydrogen-bond acceptors (Lipinski definition) is 2. The van der Waals surface area contributed by atoms with Crippen molar-refractivity contribution in [3.63, 3.8) is 0 Å².